The Balaban J connectivity index is 1.51. The smallest absolute Gasteiger partial charge is 0.115 e. The predicted molar refractivity (Wildman–Crippen MR) is 74.9 cm³/mol. The minimum atomic E-state index is -0.671. The van der Waals surface area contributed by atoms with Crippen LogP contribution in [0.25, 0.3) is 0 Å². The Kier molecular flexibility index (Phi) is 6.51. The second-order valence-corrected chi connectivity index (χ2v) is 6.08. The van der Waals surface area contributed by atoms with Gasteiger partial charge in [-0.15, -0.1) is 0 Å². The molecule has 0 saturated heterocycles. The number of rotatable bonds is 6. The first-order valence-electron chi connectivity index (χ1n) is 8.02. The molecule has 112 valence electrons. The van der Waals surface area contributed by atoms with Crippen LogP contribution in [-0.4, -0.2) is 37.5 Å². The molecule has 2 rings (SSSR count). The van der Waals surface area contributed by atoms with E-state index in [1.165, 1.54) is 0 Å². The van der Waals surface area contributed by atoms with E-state index in [0.717, 1.165) is 58.0 Å². The Bertz CT molecular complexity index is 226. The third-order valence-electron chi connectivity index (χ3n) is 4.53. The summed E-state index contributed by atoms with van der Waals surface area (Å²) in [6, 6.07) is 0.106. The van der Waals surface area contributed by atoms with Crippen molar-refractivity contribution in [3.63, 3.8) is 0 Å². The maximum Gasteiger partial charge on any atom is 0.115 e. The molecular weight excluding hydrogens is 246 g/mol. The Morgan fingerprint density at radius 2 is 1.11 bits per heavy atom. The van der Waals surface area contributed by atoms with E-state index in [-0.39, 0.29) is 12.1 Å². The van der Waals surface area contributed by atoms with E-state index in [9.17, 15) is 8.78 Å². The van der Waals surface area contributed by atoms with Gasteiger partial charge in [0.2, 0.25) is 0 Å². The van der Waals surface area contributed by atoms with Gasteiger partial charge in [0.1, 0.15) is 12.3 Å². The Morgan fingerprint density at radius 1 is 0.684 bits per heavy atom. The van der Waals surface area contributed by atoms with Crippen molar-refractivity contribution >= 4 is 0 Å². The largest absolute Gasteiger partial charge is 0.311 e. The third-order valence-corrected chi connectivity index (χ3v) is 4.53. The zero-order valence-electron chi connectivity index (χ0n) is 11.8. The average Bonchev–Trinajstić information content (AvgIpc) is 2.42. The van der Waals surface area contributed by atoms with Gasteiger partial charge >= 0.3 is 0 Å². The lowest BCUT2D eigenvalue weighted by atomic mass is 9.93. The van der Waals surface area contributed by atoms with Gasteiger partial charge in [0, 0.05) is 12.1 Å². The molecule has 2 nitrogen and oxygen atoms in total. The van der Waals surface area contributed by atoms with Crippen molar-refractivity contribution in [1.29, 1.82) is 0 Å². The number of hydrogen-bond acceptors (Lipinski definition) is 2. The molecule has 0 radical (unpaired) electrons. The number of hydrogen-bond donors (Lipinski definition) is 2. The first kappa shape index (κ1) is 15.2. The highest BCUT2D eigenvalue weighted by Gasteiger charge is 2.25. The van der Waals surface area contributed by atoms with Crippen LogP contribution in [0.4, 0.5) is 8.78 Å². The normalized spacial score (nSPS) is 36.3. The summed E-state index contributed by atoms with van der Waals surface area (Å²) in [6.45, 7) is 1.67. The van der Waals surface area contributed by atoms with Crippen LogP contribution < -0.4 is 10.6 Å². The van der Waals surface area contributed by atoms with Crippen molar-refractivity contribution in [2.24, 2.45) is 0 Å². The zero-order valence-corrected chi connectivity index (χ0v) is 11.8. The van der Waals surface area contributed by atoms with Gasteiger partial charge in [0.25, 0.3) is 0 Å². The van der Waals surface area contributed by atoms with Gasteiger partial charge in [-0.25, -0.2) is 8.78 Å². The molecule has 2 saturated carbocycles. The van der Waals surface area contributed by atoms with E-state index < -0.39 is 12.3 Å². The maximum atomic E-state index is 13.6. The van der Waals surface area contributed by atoms with Crippen LogP contribution in [0.15, 0.2) is 0 Å². The van der Waals surface area contributed by atoms with Crippen LogP contribution in [0.1, 0.15) is 57.8 Å². The fraction of sp³-hybridized carbons (Fsp3) is 1.00. The van der Waals surface area contributed by atoms with Crippen LogP contribution in [0.3, 0.4) is 0 Å². The second-order valence-electron chi connectivity index (χ2n) is 6.08. The summed E-state index contributed by atoms with van der Waals surface area (Å²) in [5, 5.41) is 6.62. The lowest BCUT2D eigenvalue weighted by Crippen LogP contribution is -2.43. The molecule has 0 bridgehead atoms. The molecule has 0 spiro atoms. The van der Waals surface area contributed by atoms with Gasteiger partial charge < -0.3 is 10.6 Å². The molecule has 4 heteroatoms. The SMILES string of the molecule is FC1CCCCC1NCCCNC1CCCCC1F. The zero-order chi connectivity index (χ0) is 13.5. The van der Waals surface area contributed by atoms with Crippen molar-refractivity contribution in [2.75, 3.05) is 13.1 Å². The minimum absolute atomic E-state index is 0.0531. The molecule has 0 aliphatic heterocycles. The van der Waals surface area contributed by atoms with E-state index in [1.54, 1.807) is 0 Å². The molecule has 2 fully saturated rings. The molecule has 2 aliphatic rings. The average molecular weight is 274 g/mol. The molecule has 4 atom stereocenters. The van der Waals surface area contributed by atoms with E-state index >= 15 is 0 Å². The van der Waals surface area contributed by atoms with Crippen molar-refractivity contribution in [3.8, 4) is 0 Å². The topological polar surface area (TPSA) is 24.1 Å². The summed E-state index contributed by atoms with van der Waals surface area (Å²) in [4.78, 5) is 0. The molecular formula is C15H28F2N2. The molecule has 0 heterocycles. The van der Waals surface area contributed by atoms with E-state index in [1.807, 2.05) is 0 Å². The van der Waals surface area contributed by atoms with Crippen molar-refractivity contribution < 1.29 is 8.78 Å². The molecule has 2 aliphatic carbocycles. The quantitative estimate of drug-likeness (QED) is 0.727. The van der Waals surface area contributed by atoms with Gasteiger partial charge in [0.05, 0.1) is 0 Å². The van der Waals surface area contributed by atoms with E-state index in [4.69, 9.17) is 0 Å². The molecule has 19 heavy (non-hydrogen) atoms. The fourth-order valence-corrected chi connectivity index (χ4v) is 3.29. The Hall–Kier alpha value is -0.220. The first-order valence-corrected chi connectivity index (χ1v) is 8.02. The minimum Gasteiger partial charge on any atom is -0.311 e. The number of nitrogens with one attached hydrogen (secondary N) is 2. The lowest BCUT2D eigenvalue weighted by Gasteiger charge is -2.28. The summed E-state index contributed by atoms with van der Waals surface area (Å²) in [5.41, 5.74) is 0. The van der Waals surface area contributed by atoms with Crippen LogP contribution in [0.5, 0.6) is 0 Å². The molecule has 0 amide bonds. The van der Waals surface area contributed by atoms with Crippen LogP contribution in [-0.2, 0) is 0 Å². The summed E-state index contributed by atoms with van der Waals surface area (Å²) in [6.07, 6.45) is 7.29. The van der Waals surface area contributed by atoms with Gasteiger partial charge in [-0.05, 0) is 45.2 Å². The van der Waals surface area contributed by atoms with Crippen LogP contribution >= 0.6 is 0 Å². The predicted octanol–water partition coefficient (Wildman–Crippen LogP) is 3.12. The molecule has 2 N–H and O–H groups in total. The Labute approximate surface area is 115 Å². The highest BCUT2D eigenvalue weighted by molar-refractivity contribution is 4.82. The van der Waals surface area contributed by atoms with E-state index in [0.29, 0.717) is 12.8 Å². The fourth-order valence-electron chi connectivity index (χ4n) is 3.29. The summed E-state index contributed by atoms with van der Waals surface area (Å²) in [5.74, 6) is 0. The monoisotopic (exact) mass is 274 g/mol. The molecule has 0 aromatic rings. The highest BCUT2D eigenvalue weighted by atomic mass is 19.1. The summed E-state index contributed by atoms with van der Waals surface area (Å²) < 4.78 is 27.1. The molecule has 4 unspecified atom stereocenters. The summed E-state index contributed by atoms with van der Waals surface area (Å²) in [7, 11) is 0. The standard InChI is InChI=1S/C15H28F2N2/c16-12-6-1-3-8-14(12)18-10-5-11-19-15-9-4-2-7-13(15)17/h12-15,18-19H,1-11H2. The maximum absolute atomic E-state index is 13.6. The number of halogens is 2. The van der Waals surface area contributed by atoms with E-state index in [2.05, 4.69) is 10.6 Å². The van der Waals surface area contributed by atoms with Crippen LogP contribution in [0, 0.1) is 0 Å². The second kappa shape index (κ2) is 8.15. The van der Waals surface area contributed by atoms with Crippen LogP contribution in [0.2, 0.25) is 0 Å². The first-order chi connectivity index (χ1) is 9.27. The van der Waals surface area contributed by atoms with Crippen molar-refractivity contribution in [3.05, 3.63) is 0 Å². The van der Waals surface area contributed by atoms with Crippen molar-refractivity contribution in [2.45, 2.75) is 82.2 Å². The molecule has 0 aromatic carbocycles. The van der Waals surface area contributed by atoms with Gasteiger partial charge in [-0.2, -0.15) is 0 Å². The molecule has 0 aromatic heterocycles. The third kappa shape index (κ3) is 4.99. The highest BCUT2D eigenvalue weighted by Crippen LogP contribution is 2.22. The van der Waals surface area contributed by atoms with Gasteiger partial charge in [-0.3, -0.25) is 0 Å². The lowest BCUT2D eigenvalue weighted by molar-refractivity contribution is 0.183. The van der Waals surface area contributed by atoms with Crippen molar-refractivity contribution in [1.82, 2.24) is 10.6 Å². The Morgan fingerprint density at radius 3 is 1.53 bits per heavy atom. The number of alkyl halides is 2. The van der Waals surface area contributed by atoms with Gasteiger partial charge in [-0.1, -0.05) is 25.7 Å². The summed E-state index contributed by atoms with van der Waals surface area (Å²) >= 11 is 0. The van der Waals surface area contributed by atoms with Gasteiger partial charge in [0.15, 0.2) is 0 Å².